The third-order valence-corrected chi connectivity index (χ3v) is 8.04. The van der Waals surface area contributed by atoms with Crippen molar-refractivity contribution in [2.75, 3.05) is 31.5 Å². The molecule has 8 heteroatoms. The number of hydrogen-bond acceptors (Lipinski definition) is 4. The van der Waals surface area contributed by atoms with E-state index in [0.29, 0.717) is 24.0 Å². The lowest BCUT2D eigenvalue weighted by Crippen LogP contribution is -2.49. The number of aromatic nitrogens is 1. The van der Waals surface area contributed by atoms with Crippen LogP contribution in [-0.2, 0) is 4.79 Å². The number of anilines is 1. The van der Waals surface area contributed by atoms with Crippen molar-refractivity contribution in [1.82, 2.24) is 14.8 Å². The van der Waals surface area contributed by atoms with Crippen LogP contribution in [0.2, 0.25) is 5.02 Å². The van der Waals surface area contributed by atoms with E-state index in [1.54, 1.807) is 16.2 Å². The average Bonchev–Trinajstić information content (AvgIpc) is 3.27. The quantitative estimate of drug-likeness (QED) is 0.528. The number of thiazole rings is 1. The molecular weight excluding hydrogens is 456 g/mol. The van der Waals surface area contributed by atoms with E-state index in [2.05, 4.69) is 5.32 Å². The Kier molecular flexibility index (Phi) is 6.51. The first-order valence-electron chi connectivity index (χ1n) is 11.5. The van der Waals surface area contributed by atoms with Gasteiger partial charge in [-0.2, -0.15) is 0 Å². The summed E-state index contributed by atoms with van der Waals surface area (Å²) in [4.78, 5) is 34.5. The van der Waals surface area contributed by atoms with Gasteiger partial charge in [0.05, 0.1) is 21.1 Å². The van der Waals surface area contributed by atoms with Crippen LogP contribution in [0, 0.1) is 5.92 Å². The molecule has 33 heavy (non-hydrogen) atoms. The van der Waals surface area contributed by atoms with Gasteiger partial charge in [-0.3, -0.25) is 4.79 Å². The SMILES string of the molecule is O=C(Nc1ccccc1)N1CCCC(C(=O)N2CCC(c3nc4cc(Cl)ccc4s3)CC2)C1. The van der Waals surface area contributed by atoms with Crippen LogP contribution in [0.15, 0.2) is 48.5 Å². The number of likely N-dealkylation sites (tertiary alicyclic amines) is 2. The van der Waals surface area contributed by atoms with E-state index in [0.717, 1.165) is 59.7 Å². The van der Waals surface area contributed by atoms with Gasteiger partial charge in [0.2, 0.25) is 5.91 Å². The maximum Gasteiger partial charge on any atom is 0.321 e. The molecule has 0 bridgehead atoms. The molecule has 2 aliphatic heterocycles. The van der Waals surface area contributed by atoms with E-state index in [-0.39, 0.29) is 17.9 Å². The molecule has 2 fully saturated rings. The molecule has 2 aliphatic rings. The molecule has 172 valence electrons. The number of hydrogen-bond donors (Lipinski definition) is 1. The molecule has 3 aromatic rings. The molecular formula is C25H27ClN4O2S. The molecule has 1 N–H and O–H groups in total. The molecule has 1 unspecified atom stereocenters. The van der Waals surface area contributed by atoms with Crippen molar-refractivity contribution in [3.8, 4) is 0 Å². The fourth-order valence-corrected chi connectivity index (χ4v) is 6.07. The van der Waals surface area contributed by atoms with Gasteiger partial charge in [0.15, 0.2) is 0 Å². The minimum Gasteiger partial charge on any atom is -0.342 e. The summed E-state index contributed by atoms with van der Waals surface area (Å²) in [6, 6.07) is 15.2. The molecule has 0 radical (unpaired) electrons. The van der Waals surface area contributed by atoms with Gasteiger partial charge in [-0.1, -0.05) is 29.8 Å². The number of amides is 3. The first-order valence-corrected chi connectivity index (χ1v) is 12.7. The van der Waals surface area contributed by atoms with Crippen LogP contribution in [-0.4, -0.2) is 52.9 Å². The number of carbonyl (C=O) groups is 2. The van der Waals surface area contributed by atoms with Crippen molar-refractivity contribution in [3.05, 3.63) is 58.6 Å². The van der Waals surface area contributed by atoms with Gasteiger partial charge in [-0.15, -0.1) is 11.3 Å². The molecule has 5 rings (SSSR count). The fraction of sp³-hybridized carbons (Fsp3) is 0.400. The van der Waals surface area contributed by atoms with Crippen molar-refractivity contribution in [2.24, 2.45) is 5.92 Å². The van der Waals surface area contributed by atoms with Gasteiger partial charge in [-0.05, 0) is 56.0 Å². The highest BCUT2D eigenvalue weighted by Crippen LogP contribution is 2.35. The summed E-state index contributed by atoms with van der Waals surface area (Å²) in [6.07, 6.45) is 3.53. The largest absolute Gasteiger partial charge is 0.342 e. The summed E-state index contributed by atoms with van der Waals surface area (Å²) < 4.78 is 1.16. The molecule has 1 aromatic heterocycles. The summed E-state index contributed by atoms with van der Waals surface area (Å²) in [7, 11) is 0. The number of nitrogens with zero attached hydrogens (tertiary/aromatic N) is 3. The van der Waals surface area contributed by atoms with Crippen LogP contribution in [0.4, 0.5) is 10.5 Å². The number of piperidine rings is 2. The van der Waals surface area contributed by atoms with E-state index in [1.807, 2.05) is 53.4 Å². The Hall–Kier alpha value is -2.64. The molecule has 2 aromatic carbocycles. The van der Waals surface area contributed by atoms with Gasteiger partial charge in [-0.25, -0.2) is 9.78 Å². The van der Waals surface area contributed by atoms with E-state index in [1.165, 1.54) is 0 Å². The minimum atomic E-state index is -0.131. The first-order chi connectivity index (χ1) is 16.1. The second-order valence-electron chi connectivity index (χ2n) is 8.85. The molecule has 0 saturated carbocycles. The monoisotopic (exact) mass is 482 g/mol. The molecule has 6 nitrogen and oxygen atoms in total. The zero-order valence-corrected chi connectivity index (χ0v) is 19.9. The standard InChI is InChI=1S/C25H27ClN4O2S/c26-19-8-9-22-21(15-19)28-23(33-22)17-10-13-29(14-11-17)24(31)18-5-4-12-30(16-18)25(32)27-20-6-2-1-3-7-20/h1-3,6-9,15,17-18H,4-5,10-14,16H2,(H,27,32). The topological polar surface area (TPSA) is 65.5 Å². The van der Waals surface area contributed by atoms with Gasteiger partial charge in [0, 0.05) is 42.8 Å². The van der Waals surface area contributed by atoms with Crippen LogP contribution < -0.4 is 5.32 Å². The third-order valence-electron chi connectivity index (χ3n) is 6.60. The number of fused-ring (bicyclic) bond motifs is 1. The first kappa shape index (κ1) is 22.2. The predicted molar refractivity (Wildman–Crippen MR) is 133 cm³/mol. The summed E-state index contributed by atoms with van der Waals surface area (Å²) in [5.74, 6) is 0.438. The van der Waals surface area contributed by atoms with Crippen molar-refractivity contribution < 1.29 is 9.59 Å². The van der Waals surface area contributed by atoms with E-state index in [9.17, 15) is 9.59 Å². The smallest absolute Gasteiger partial charge is 0.321 e. The molecule has 1 atom stereocenters. The average molecular weight is 483 g/mol. The molecule has 0 aliphatic carbocycles. The van der Waals surface area contributed by atoms with E-state index < -0.39 is 0 Å². The van der Waals surface area contributed by atoms with Gasteiger partial charge in [0.25, 0.3) is 0 Å². The highest BCUT2D eigenvalue weighted by Gasteiger charge is 2.33. The highest BCUT2D eigenvalue weighted by molar-refractivity contribution is 7.18. The number of carbonyl (C=O) groups excluding carboxylic acids is 2. The summed E-state index contributed by atoms with van der Waals surface area (Å²) in [5, 5.41) is 4.78. The van der Waals surface area contributed by atoms with Gasteiger partial charge >= 0.3 is 6.03 Å². The number of halogens is 1. The Bertz CT molecular complexity index is 1140. The third kappa shape index (κ3) is 4.99. The number of para-hydroxylation sites is 1. The normalized spacial score (nSPS) is 19.6. The van der Waals surface area contributed by atoms with Crippen molar-refractivity contribution in [2.45, 2.75) is 31.6 Å². The van der Waals surface area contributed by atoms with E-state index >= 15 is 0 Å². The fourth-order valence-electron chi connectivity index (χ4n) is 4.79. The number of urea groups is 1. The highest BCUT2D eigenvalue weighted by atomic mass is 35.5. The Morgan fingerprint density at radius 3 is 2.58 bits per heavy atom. The second kappa shape index (κ2) is 9.69. The second-order valence-corrected chi connectivity index (χ2v) is 10.3. The number of nitrogens with one attached hydrogen (secondary N) is 1. The lowest BCUT2D eigenvalue weighted by Gasteiger charge is -2.37. The predicted octanol–water partition coefficient (Wildman–Crippen LogP) is 5.60. The summed E-state index contributed by atoms with van der Waals surface area (Å²) in [5.41, 5.74) is 1.73. The van der Waals surface area contributed by atoms with Gasteiger partial charge < -0.3 is 15.1 Å². The van der Waals surface area contributed by atoms with E-state index in [4.69, 9.17) is 16.6 Å². The summed E-state index contributed by atoms with van der Waals surface area (Å²) >= 11 is 7.83. The Labute approximate surface area is 202 Å². The molecule has 3 heterocycles. The zero-order valence-electron chi connectivity index (χ0n) is 18.4. The van der Waals surface area contributed by atoms with Crippen LogP contribution in [0.25, 0.3) is 10.2 Å². The number of rotatable bonds is 3. The molecule has 3 amide bonds. The van der Waals surface area contributed by atoms with Crippen molar-refractivity contribution in [3.63, 3.8) is 0 Å². The van der Waals surface area contributed by atoms with Crippen LogP contribution in [0.3, 0.4) is 0 Å². The lowest BCUT2D eigenvalue weighted by atomic mass is 9.93. The van der Waals surface area contributed by atoms with Gasteiger partial charge in [0.1, 0.15) is 0 Å². The van der Waals surface area contributed by atoms with Crippen LogP contribution >= 0.6 is 22.9 Å². The Morgan fingerprint density at radius 2 is 1.79 bits per heavy atom. The Morgan fingerprint density at radius 1 is 1.00 bits per heavy atom. The lowest BCUT2D eigenvalue weighted by molar-refractivity contribution is -0.138. The Balaban J connectivity index is 1.16. The zero-order chi connectivity index (χ0) is 22.8. The van der Waals surface area contributed by atoms with Crippen molar-refractivity contribution >= 4 is 50.8 Å². The summed E-state index contributed by atoms with van der Waals surface area (Å²) in [6.45, 7) is 2.65. The number of benzene rings is 2. The maximum atomic E-state index is 13.2. The maximum absolute atomic E-state index is 13.2. The minimum absolute atomic E-state index is 0.124. The molecule has 0 spiro atoms. The molecule has 2 saturated heterocycles. The van der Waals surface area contributed by atoms with Crippen molar-refractivity contribution in [1.29, 1.82) is 0 Å². The van der Waals surface area contributed by atoms with Crippen LogP contribution in [0.5, 0.6) is 0 Å². The van der Waals surface area contributed by atoms with Crippen LogP contribution in [0.1, 0.15) is 36.6 Å².